The highest BCUT2D eigenvalue weighted by Crippen LogP contribution is 2.37. The van der Waals surface area contributed by atoms with E-state index in [9.17, 15) is 9.90 Å². The molecule has 1 aliphatic heterocycles. The predicted octanol–water partition coefficient (Wildman–Crippen LogP) is 5.01. The van der Waals surface area contributed by atoms with Gasteiger partial charge in [0.1, 0.15) is 5.75 Å². The Kier molecular flexibility index (Phi) is 5.97. The first-order valence-corrected chi connectivity index (χ1v) is 9.60. The normalized spacial score (nSPS) is 19.0. The molecule has 124 valence electrons. The molecular formula is C16H18Br2N2O2S. The summed E-state index contributed by atoms with van der Waals surface area (Å²) in [5.74, 6) is 0.105. The molecule has 0 saturated carbocycles. The first-order valence-electron chi connectivity index (χ1n) is 7.19. The number of nitrogens with zero attached hydrogens (tertiary/aromatic N) is 2. The lowest BCUT2D eigenvalue weighted by Crippen LogP contribution is -2.35. The van der Waals surface area contributed by atoms with Gasteiger partial charge in [0.15, 0.2) is 5.17 Å². The fourth-order valence-electron chi connectivity index (χ4n) is 2.07. The van der Waals surface area contributed by atoms with Crippen molar-refractivity contribution in [1.82, 2.24) is 4.90 Å². The molecule has 0 aromatic heterocycles. The van der Waals surface area contributed by atoms with E-state index in [0.29, 0.717) is 13.9 Å². The van der Waals surface area contributed by atoms with Crippen molar-refractivity contribution in [3.05, 3.63) is 31.5 Å². The lowest BCUT2D eigenvalue weighted by Gasteiger charge is -2.20. The Morgan fingerprint density at radius 2 is 1.78 bits per heavy atom. The quantitative estimate of drug-likeness (QED) is 0.644. The second kappa shape index (κ2) is 7.40. The topological polar surface area (TPSA) is 52.9 Å². The van der Waals surface area contributed by atoms with Crippen LogP contribution >= 0.6 is 43.6 Å². The van der Waals surface area contributed by atoms with Crippen LogP contribution in [-0.2, 0) is 4.79 Å². The van der Waals surface area contributed by atoms with Gasteiger partial charge < -0.3 is 5.11 Å². The van der Waals surface area contributed by atoms with E-state index in [-0.39, 0.29) is 23.7 Å². The maximum Gasteiger partial charge on any atom is 0.266 e. The van der Waals surface area contributed by atoms with Gasteiger partial charge >= 0.3 is 0 Å². The zero-order valence-electron chi connectivity index (χ0n) is 13.3. The number of carbonyl (C=O) groups is 1. The van der Waals surface area contributed by atoms with Gasteiger partial charge in [-0.15, -0.1) is 0 Å². The second-order valence-electron chi connectivity index (χ2n) is 5.72. The number of aromatic hydroxyl groups is 1. The lowest BCUT2D eigenvalue weighted by molar-refractivity contribution is -0.123. The van der Waals surface area contributed by atoms with Crippen LogP contribution in [0.5, 0.6) is 5.75 Å². The van der Waals surface area contributed by atoms with Crippen LogP contribution in [0.1, 0.15) is 33.3 Å². The zero-order chi connectivity index (χ0) is 17.3. The summed E-state index contributed by atoms with van der Waals surface area (Å²) in [5, 5.41) is 10.5. The van der Waals surface area contributed by atoms with Gasteiger partial charge in [-0.2, -0.15) is 0 Å². The summed E-state index contributed by atoms with van der Waals surface area (Å²) in [5.41, 5.74) is 0.826. The fraction of sp³-hybridized carbons (Fsp3) is 0.375. The Hall–Kier alpha value is -0.790. The lowest BCUT2D eigenvalue weighted by atomic mass is 10.2. The Labute approximate surface area is 157 Å². The molecule has 2 rings (SSSR count). The van der Waals surface area contributed by atoms with Crippen molar-refractivity contribution in [3.63, 3.8) is 0 Å². The van der Waals surface area contributed by atoms with Crippen molar-refractivity contribution in [3.8, 4) is 5.75 Å². The van der Waals surface area contributed by atoms with Crippen molar-refractivity contribution in [1.29, 1.82) is 0 Å². The van der Waals surface area contributed by atoms with Gasteiger partial charge in [-0.05, 0) is 95.1 Å². The van der Waals surface area contributed by atoms with E-state index in [1.807, 2.05) is 33.8 Å². The fourth-order valence-corrected chi connectivity index (χ4v) is 4.53. The van der Waals surface area contributed by atoms with Crippen molar-refractivity contribution in [2.24, 2.45) is 4.99 Å². The minimum Gasteiger partial charge on any atom is -0.506 e. The molecule has 1 aliphatic rings. The highest BCUT2D eigenvalue weighted by Gasteiger charge is 2.35. The molecule has 0 atom stereocenters. The van der Waals surface area contributed by atoms with Crippen LogP contribution in [0.25, 0.3) is 6.08 Å². The number of phenolic OH excluding ortho intramolecular Hbond substituents is 1. The van der Waals surface area contributed by atoms with E-state index in [4.69, 9.17) is 0 Å². The molecule has 4 nitrogen and oxygen atoms in total. The van der Waals surface area contributed by atoms with E-state index in [0.717, 1.165) is 10.7 Å². The van der Waals surface area contributed by atoms with Gasteiger partial charge in [-0.1, -0.05) is 0 Å². The van der Waals surface area contributed by atoms with Crippen LogP contribution in [-0.4, -0.2) is 33.2 Å². The van der Waals surface area contributed by atoms with Crippen molar-refractivity contribution >= 4 is 60.8 Å². The van der Waals surface area contributed by atoms with Gasteiger partial charge in [-0.3, -0.25) is 14.7 Å². The monoisotopic (exact) mass is 460 g/mol. The number of amidine groups is 1. The van der Waals surface area contributed by atoms with Gasteiger partial charge in [0, 0.05) is 12.1 Å². The van der Waals surface area contributed by atoms with Crippen LogP contribution in [0, 0.1) is 0 Å². The highest BCUT2D eigenvalue weighted by molar-refractivity contribution is 9.11. The van der Waals surface area contributed by atoms with E-state index in [1.54, 1.807) is 17.0 Å². The number of phenols is 1. The summed E-state index contributed by atoms with van der Waals surface area (Å²) < 4.78 is 1.15. The Bertz CT molecular complexity index is 676. The first kappa shape index (κ1) is 18.5. The minimum atomic E-state index is -0.0373. The molecule has 0 spiro atoms. The molecule has 1 fully saturated rings. The Morgan fingerprint density at radius 1 is 1.22 bits per heavy atom. The number of aliphatic imine (C=N–C) groups is 1. The molecule has 1 N–H and O–H groups in total. The van der Waals surface area contributed by atoms with E-state index in [1.165, 1.54) is 11.8 Å². The molecule has 23 heavy (non-hydrogen) atoms. The molecule has 7 heteroatoms. The van der Waals surface area contributed by atoms with Crippen LogP contribution in [0.2, 0.25) is 0 Å². The van der Waals surface area contributed by atoms with Gasteiger partial charge in [0.2, 0.25) is 0 Å². The predicted molar refractivity (Wildman–Crippen MR) is 104 cm³/mol. The SMILES string of the molecule is CC(C)N=C1S/C(=C/c2cc(Br)c(O)c(Br)c2)C(=O)N1C(C)C. The molecule has 1 aromatic rings. The Morgan fingerprint density at radius 3 is 2.26 bits per heavy atom. The van der Waals surface area contributed by atoms with Crippen molar-refractivity contribution < 1.29 is 9.90 Å². The summed E-state index contributed by atoms with van der Waals surface area (Å²) >= 11 is 8.00. The third-order valence-electron chi connectivity index (χ3n) is 3.06. The average Bonchev–Trinajstić information content (AvgIpc) is 2.71. The van der Waals surface area contributed by atoms with E-state index >= 15 is 0 Å². The van der Waals surface area contributed by atoms with Crippen LogP contribution in [0.4, 0.5) is 0 Å². The summed E-state index contributed by atoms with van der Waals surface area (Å²) in [4.78, 5) is 19.6. The van der Waals surface area contributed by atoms with E-state index < -0.39 is 0 Å². The Balaban J connectivity index is 2.42. The summed E-state index contributed by atoms with van der Waals surface area (Å²) in [6.45, 7) is 7.94. The maximum atomic E-state index is 12.7. The molecule has 1 heterocycles. The number of amides is 1. The number of hydrogen-bond acceptors (Lipinski definition) is 4. The maximum absolute atomic E-state index is 12.7. The van der Waals surface area contributed by atoms with Crippen LogP contribution in [0.15, 0.2) is 31.0 Å². The standard InChI is InChI=1S/C16H18Br2N2O2S/c1-8(2)19-16-20(9(3)4)15(22)13(23-16)7-10-5-11(17)14(21)12(18)6-10/h5-9,21H,1-4H3/b13-7+,19-16?. The molecule has 0 bridgehead atoms. The third kappa shape index (κ3) is 4.19. The van der Waals surface area contributed by atoms with E-state index in [2.05, 4.69) is 36.9 Å². The molecule has 1 amide bonds. The number of halogens is 2. The summed E-state index contributed by atoms with van der Waals surface area (Å²) in [6.07, 6.45) is 1.82. The largest absolute Gasteiger partial charge is 0.506 e. The summed E-state index contributed by atoms with van der Waals surface area (Å²) in [7, 11) is 0. The van der Waals surface area contributed by atoms with Gasteiger partial charge in [-0.25, -0.2) is 0 Å². The van der Waals surface area contributed by atoms with Crippen LogP contribution in [0.3, 0.4) is 0 Å². The van der Waals surface area contributed by atoms with Crippen LogP contribution < -0.4 is 0 Å². The molecule has 0 radical (unpaired) electrons. The number of hydrogen-bond donors (Lipinski definition) is 1. The summed E-state index contributed by atoms with van der Waals surface area (Å²) in [6, 6.07) is 3.73. The molecule has 1 aromatic carbocycles. The second-order valence-corrected chi connectivity index (χ2v) is 8.44. The molecule has 1 saturated heterocycles. The highest BCUT2D eigenvalue weighted by atomic mass is 79.9. The smallest absolute Gasteiger partial charge is 0.266 e. The minimum absolute atomic E-state index is 0.0373. The molecule has 0 unspecified atom stereocenters. The number of benzene rings is 1. The van der Waals surface area contributed by atoms with Crippen molar-refractivity contribution in [2.45, 2.75) is 39.8 Å². The van der Waals surface area contributed by atoms with Gasteiger partial charge in [0.25, 0.3) is 5.91 Å². The first-order chi connectivity index (χ1) is 10.7. The zero-order valence-corrected chi connectivity index (χ0v) is 17.3. The third-order valence-corrected chi connectivity index (χ3v) is 5.26. The molecule has 0 aliphatic carbocycles. The number of thioether (sulfide) groups is 1. The average molecular weight is 462 g/mol. The molecular weight excluding hydrogens is 444 g/mol. The number of rotatable bonds is 3. The van der Waals surface area contributed by atoms with Crippen molar-refractivity contribution in [2.75, 3.05) is 0 Å². The number of carbonyl (C=O) groups excluding carboxylic acids is 1. The van der Waals surface area contributed by atoms with Gasteiger partial charge in [0.05, 0.1) is 13.9 Å².